The molecular weight excluding hydrogens is 180 g/mol. The molecule has 0 saturated heterocycles. The molecule has 0 aliphatic heterocycles. The highest BCUT2D eigenvalue weighted by Gasteiger charge is 1.99. The van der Waals surface area contributed by atoms with Gasteiger partial charge in [-0.05, 0) is 34.5 Å². The lowest BCUT2D eigenvalue weighted by Crippen LogP contribution is -2.02. The van der Waals surface area contributed by atoms with Crippen LogP contribution in [-0.2, 0) is 0 Å². The van der Waals surface area contributed by atoms with Crippen LogP contribution in [0.4, 0.5) is 0 Å². The Morgan fingerprint density at radius 2 is 2.44 bits per heavy atom. The van der Waals surface area contributed by atoms with Crippen molar-refractivity contribution in [2.75, 3.05) is 0 Å². The van der Waals surface area contributed by atoms with Crippen molar-refractivity contribution in [1.29, 1.82) is 0 Å². The van der Waals surface area contributed by atoms with Crippen LogP contribution >= 0.6 is 15.9 Å². The highest BCUT2D eigenvalue weighted by Crippen LogP contribution is 2.14. The summed E-state index contributed by atoms with van der Waals surface area (Å²) in [5, 5.41) is 0. The lowest BCUT2D eigenvalue weighted by molar-refractivity contribution is 0.820. The van der Waals surface area contributed by atoms with Crippen molar-refractivity contribution in [2.24, 2.45) is 5.73 Å². The van der Waals surface area contributed by atoms with Crippen molar-refractivity contribution in [1.82, 2.24) is 4.98 Å². The first-order valence-corrected chi connectivity index (χ1v) is 3.59. The summed E-state index contributed by atoms with van der Waals surface area (Å²) in [5.74, 6) is 0. The molecule has 1 heterocycles. The van der Waals surface area contributed by atoms with Crippen LogP contribution in [0.5, 0.6) is 0 Å². The topological polar surface area (TPSA) is 41.8 Å². The van der Waals surface area contributed by atoms with Crippen LogP contribution in [0.25, 0.3) is 0 Å². The molecule has 1 unspecified atom stereocenters. The number of aromatic amines is 1. The first-order chi connectivity index (χ1) is 4.20. The summed E-state index contributed by atoms with van der Waals surface area (Å²) in [6.45, 7) is 1.95. The van der Waals surface area contributed by atoms with E-state index in [1.165, 1.54) is 0 Å². The summed E-state index contributed by atoms with van der Waals surface area (Å²) < 4.78 is 0.981. The van der Waals surface area contributed by atoms with Gasteiger partial charge < -0.3 is 10.7 Å². The largest absolute Gasteiger partial charge is 0.356 e. The molecule has 0 saturated carbocycles. The number of hydrogen-bond acceptors (Lipinski definition) is 1. The maximum atomic E-state index is 5.59. The zero-order valence-electron chi connectivity index (χ0n) is 5.19. The van der Waals surface area contributed by atoms with E-state index in [0.717, 1.165) is 10.2 Å². The van der Waals surface area contributed by atoms with E-state index >= 15 is 0 Å². The lowest BCUT2D eigenvalue weighted by atomic mass is 10.2. The molecule has 2 nitrogen and oxygen atoms in total. The summed E-state index contributed by atoms with van der Waals surface area (Å²) >= 11 is 3.29. The van der Waals surface area contributed by atoms with Crippen molar-refractivity contribution in [3.63, 3.8) is 0 Å². The van der Waals surface area contributed by atoms with Crippen LogP contribution in [0, 0.1) is 0 Å². The van der Waals surface area contributed by atoms with Crippen molar-refractivity contribution in [2.45, 2.75) is 13.0 Å². The zero-order valence-corrected chi connectivity index (χ0v) is 6.77. The van der Waals surface area contributed by atoms with Crippen LogP contribution in [0.2, 0.25) is 0 Å². The first-order valence-electron chi connectivity index (χ1n) is 2.79. The van der Waals surface area contributed by atoms with Crippen molar-refractivity contribution in [3.8, 4) is 0 Å². The summed E-state index contributed by atoms with van der Waals surface area (Å²) in [4.78, 5) is 2.99. The Bertz CT molecular complexity index is 193. The number of nitrogens with one attached hydrogen (secondary N) is 1. The van der Waals surface area contributed by atoms with Gasteiger partial charge in [-0.15, -0.1) is 0 Å². The SMILES string of the molecule is CC(N)c1c[nH]c(Br)c1. The Morgan fingerprint density at radius 1 is 1.78 bits per heavy atom. The van der Waals surface area contributed by atoms with Gasteiger partial charge in [0.15, 0.2) is 0 Å². The molecular formula is C6H9BrN2. The second-order valence-electron chi connectivity index (χ2n) is 2.07. The molecule has 3 N–H and O–H groups in total. The van der Waals surface area contributed by atoms with Gasteiger partial charge in [-0.3, -0.25) is 0 Å². The fourth-order valence-corrected chi connectivity index (χ4v) is 1.02. The standard InChI is InChI=1S/C6H9BrN2/c1-4(8)5-2-6(7)9-3-5/h2-4,9H,8H2,1H3. The monoisotopic (exact) mass is 188 g/mol. The summed E-state index contributed by atoms with van der Waals surface area (Å²) in [6.07, 6.45) is 1.90. The third-order valence-corrected chi connectivity index (χ3v) is 1.65. The number of aromatic nitrogens is 1. The molecule has 0 radical (unpaired) electrons. The normalized spacial score (nSPS) is 13.7. The third-order valence-electron chi connectivity index (χ3n) is 1.20. The lowest BCUT2D eigenvalue weighted by Gasteiger charge is -1.96. The van der Waals surface area contributed by atoms with Gasteiger partial charge in [-0.1, -0.05) is 0 Å². The predicted octanol–water partition coefficient (Wildman–Crippen LogP) is 1.80. The third kappa shape index (κ3) is 1.56. The first kappa shape index (κ1) is 6.83. The van der Waals surface area contributed by atoms with Gasteiger partial charge in [0.2, 0.25) is 0 Å². The van der Waals surface area contributed by atoms with E-state index in [1.807, 2.05) is 19.2 Å². The molecule has 1 aromatic rings. The maximum absolute atomic E-state index is 5.59. The molecule has 3 heteroatoms. The van der Waals surface area contributed by atoms with Crippen LogP contribution in [-0.4, -0.2) is 4.98 Å². The zero-order chi connectivity index (χ0) is 6.85. The molecule has 1 rings (SSSR count). The number of H-pyrrole nitrogens is 1. The van der Waals surface area contributed by atoms with Crippen molar-refractivity contribution < 1.29 is 0 Å². The van der Waals surface area contributed by atoms with Gasteiger partial charge in [0.1, 0.15) is 0 Å². The number of hydrogen-bond donors (Lipinski definition) is 2. The van der Waals surface area contributed by atoms with Gasteiger partial charge in [0, 0.05) is 12.2 Å². The molecule has 1 atom stereocenters. The Balaban J connectivity index is 2.85. The summed E-state index contributed by atoms with van der Waals surface area (Å²) in [7, 11) is 0. The van der Waals surface area contributed by atoms with E-state index in [2.05, 4.69) is 20.9 Å². The van der Waals surface area contributed by atoms with Gasteiger partial charge in [-0.25, -0.2) is 0 Å². The maximum Gasteiger partial charge on any atom is 0.0823 e. The molecule has 0 bridgehead atoms. The highest BCUT2D eigenvalue weighted by molar-refractivity contribution is 9.10. The van der Waals surface area contributed by atoms with E-state index in [0.29, 0.717) is 0 Å². The minimum absolute atomic E-state index is 0.118. The molecule has 0 fully saturated rings. The molecule has 0 aliphatic rings. The molecule has 50 valence electrons. The minimum Gasteiger partial charge on any atom is -0.356 e. The average molecular weight is 189 g/mol. The van der Waals surface area contributed by atoms with Crippen molar-refractivity contribution in [3.05, 3.63) is 22.4 Å². The predicted molar refractivity (Wildman–Crippen MR) is 41.1 cm³/mol. The van der Waals surface area contributed by atoms with E-state index < -0.39 is 0 Å². The quantitative estimate of drug-likeness (QED) is 0.694. The summed E-state index contributed by atoms with van der Waals surface area (Å²) in [5.41, 5.74) is 6.71. The van der Waals surface area contributed by atoms with E-state index in [1.54, 1.807) is 0 Å². The Labute approximate surface area is 62.6 Å². The van der Waals surface area contributed by atoms with E-state index in [-0.39, 0.29) is 6.04 Å². The number of halogens is 1. The Kier molecular flexibility index (Phi) is 1.93. The van der Waals surface area contributed by atoms with Crippen LogP contribution in [0.1, 0.15) is 18.5 Å². The van der Waals surface area contributed by atoms with Gasteiger partial charge in [0.05, 0.1) is 4.60 Å². The van der Waals surface area contributed by atoms with Gasteiger partial charge in [-0.2, -0.15) is 0 Å². The Hall–Kier alpha value is -0.280. The van der Waals surface area contributed by atoms with E-state index in [4.69, 9.17) is 5.73 Å². The summed E-state index contributed by atoms with van der Waals surface area (Å²) in [6, 6.07) is 2.09. The average Bonchev–Trinajstić information content (AvgIpc) is 2.14. The molecule has 0 spiro atoms. The fraction of sp³-hybridized carbons (Fsp3) is 0.333. The molecule has 1 aromatic heterocycles. The molecule has 0 aliphatic carbocycles. The van der Waals surface area contributed by atoms with Gasteiger partial charge >= 0.3 is 0 Å². The van der Waals surface area contributed by atoms with E-state index in [9.17, 15) is 0 Å². The van der Waals surface area contributed by atoms with Gasteiger partial charge in [0.25, 0.3) is 0 Å². The highest BCUT2D eigenvalue weighted by atomic mass is 79.9. The smallest absolute Gasteiger partial charge is 0.0823 e. The second-order valence-corrected chi connectivity index (χ2v) is 2.92. The van der Waals surface area contributed by atoms with Crippen LogP contribution in [0.3, 0.4) is 0 Å². The van der Waals surface area contributed by atoms with Crippen molar-refractivity contribution >= 4 is 15.9 Å². The van der Waals surface area contributed by atoms with Crippen LogP contribution < -0.4 is 5.73 Å². The van der Waals surface area contributed by atoms with Crippen LogP contribution in [0.15, 0.2) is 16.9 Å². The molecule has 0 amide bonds. The fourth-order valence-electron chi connectivity index (χ4n) is 0.645. The number of nitrogens with two attached hydrogens (primary N) is 1. The number of rotatable bonds is 1. The minimum atomic E-state index is 0.118. The molecule has 9 heavy (non-hydrogen) atoms. The molecule has 0 aromatic carbocycles. The second kappa shape index (κ2) is 2.54. The Morgan fingerprint density at radius 3 is 2.67 bits per heavy atom.